The minimum absolute atomic E-state index is 0.0420. The molecule has 0 saturated heterocycles. The third-order valence-electron chi connectivity index (χ3n) is 5.04. The van der Waals surface area contributed by atoms with Crippen LogP contribution in [0.1, 0.15) is 16.7 Å². The van der Waals surface area contributed by atoms with Crippen molar-refractivity contribution in [2.45, 2.75) is 20.4 Å². The predicted molar refractivity (Wildman–Crippen MR) is 131 cm³/mol. The molecule has 1 amide bonds. The van der Waals surface area contributed by atoms with E-state index in [9.17, 15) is 4.79 Å². The molecule has 0 aliphatic rings. The molecule has 3 aromatic carbocycles. The van der Waals surface area contributed by atoms with Gasteiger partial charge >= 0.3 is 0 Å². The average Bonchev–Trinajstić information content (AvgIpc) is 3.31. The fourth-order valence-electron chi connectivity index (χ4n) is 3.30. The predicted octanol–water partition coefficient (Wildman–Crippen LogP) is 6.44. The van der Waals surface area contributed by atoms with Crippen LogP contribution in [0, 0.1) is 13.8 Å². The first kappa shape index (κ1) is 22.1. The molecule has 0 spiro atoms. The van der Waals surface area contributed by atoms with E-state index in [-0.39, 0.29) is 12.5 Å². The summed E-state index contributed by atoms with van der Waals surface area (Å²) in [5, 5.41) is 6.68. The zero-order valence-corrected chi connectivity index (χ0v) is 19.5. The third-order valence-corrected chi connectivity index (χ3v) is 6.53. The Kier molecular flexibility index (Phi) is 6.88. The van der Waals surface area contributed by atoms with Crippen LogP contribution in [0.2, 0.25) is 5.02 Å². The van der Waals surface area contributed by atoms with Crippen LogP contribution >= 0.6 is 22.9 Å². The molecule has 0 saturated carbocycles. The summed E-state index contributed by atoms with van der Waals surface area (Å²) in [6, 6.07) is 21.9. The second-order valence-electron chi connectivity index (χ2n) is 7.54. The van der Waals surface area contributed by atoms with Gasteiger partial charge in [-0.05, 0) is 42.7 Å². The van der Waals surface area contributed by atoms with Gasteiger partial charge in [0, 0.05) is 28.1 Å². The number of amides is 1. The molecule has 0 atom stereocenters. The molecule has 4 rings (SSSR count). The number of benzene rings is 3. The largest absolute Gasteiger partial charge is 0.484 e. The molecule has 4 nitrogen and oxygen atoms in total. The number of rotatable bonds is 7. The van der Waals surface area contributed by atoms with Gasteiger partial charge in [0.15, 0.2) is 6.61 Å². The second kappa shape index (κ2) is 9.98. The van der Waals surface area contributed by atoms with Crippen molar-refractivity contribution in [3.8, 4) is 27.6 Å². The molecular weight excluding hydrogens is 440 g/mol. The van der Waals surface area contributed by atoms with Gasteiger partial charge in [0.05, 0.1) is 5.69 Å². The Labute approximate surface area is 196 Å². The standard InChI is InChI=1S/C26H23ClN2O2S/c1-17-12-22(13-18(2)25(17)27)31-15-24(30)28-14-19-8-10-20(11-9-19)23-16-32-26(29-23)21-6-4-3-5-7-21/h3-13,16H,14-15H2,1-2H3,(H,28,30). The number of hydrogen-bond acceptors (Lipinski definition) is 4. The molecule has 0 bridgehead atoms. The smallest absolute Gasteiger partial charge is 0.258 e. The SMILES string of the molecule is Cc1cc(OCC(=O)NCc2ccc(-c3csc(-c4ccccc4)n3)cc2)cc(C)c1Cl. The van der Waals surface area contributed by atoms with Gasteiger partial charge in [0.25, 0.3) is 5.91 Å². The van der Waals surface area contributed by atoms with E-state index in [1.165, 1.54) is 0 Å². The maximum absolute atomic E-state index is 12.2. The highest BCUT2D eigenvalue weighted by Crippen LogP contribution is 2.29. The number of hydrogen-bond donors (Lipinski definition) is 1. The Balaban J connectivity index is 1.30. The van der Waals surface area contributed by atoms with Crippen LogP contribution in [0.4, 0.5) is 0 Å². The van der Waals surface area contributed by atoms with Gasteiger partial charge in [0.2, 0.25) is 0 Å². The Hall–Kier alpha value is -3.15. The normalized spacial score (nSPS) is 10.7. The lowest BCUT2D eigenvalue weighted by Gasteiger charge is -2.10. The molecule has 162 valence electrons. The number of aryl methyl sites for hydroxylation is 2. The van der Waals surface area contributed by atoms with Crippen LogP contribution < -0.4 is 10.1 Å². The number of carbonyl (C=O) groups is 1. The minimum atomic E-state index is -0.175. The maximum atomic E-state index is 12.2. The van der Waals surface area contributed by atoms with Gasteiger partial charge in [0.1, 0.15) is 10.8 Å². The summed E-state index contributed by atoms with van der Waals surface area (Å²) in [6.07, 6.45) is 0. The molecule has 0 radical (unpaired) electrons. The zero-order valence-electron chi connectivity index (χ0n) is 17.9. The van der Waals surface area contributed by atoms with Gasteiger partial charge in [-0.2, -0.15) is 0 Å². The topological polar surface area (TPSA) is 51.2 Å². The zero-order chi connectivity index (χ0) is 22.5. The molecule has 6 heteroatoms. The molecule has 0 aliphatic carbocycles. The lowest BCUT2D eigenvalue weighted by atomic mass is 10.1. The van der Waals surface area contributed by atoms with E-state index in [0.29, 0.717) is 12.3 Å². The Bertz CT molecular complexity index is 1200. The quantitative estimate of drug-likeness (QED) is 0.343. The first-order valence-corrected chi connectivity index (χ1v) is 11.5. The van der Waals surface area contributed by atoms with Gasteiger partial charge < -0.3 is 10.1 Å². The fraction of sp³-hybridized carbons (Fsp3) is 0.154. The monoisotopic (exact) mass is 462 g/mol. The van der Waals surface area contributed by atoms with Crippen molar-refractivity contribution >= 4 is 28.8 Å². The molecule has 1 heterocycles. The van der Waals surface area contributed by atoms with E-state index < -0.39 is 0 Å². The highest BCUT2D eigenvalue weighted by molar-refractivity contribution is 7.13. The molecule has 0 unspecified atom stereocenters. The van der Waals surface area contributed by atoms with E-state index in [1.54, 1.807) is 11.3 Å². The number of nitrogens with zero attached hydrogens (tertiary/aromatic N) is 1. The van der Waals surface area contributed by atoms with E-state index in [2.05, 4.69) is 22.8 Å². The minimum Gasteiger partial charge on any atom is -0.484 e. The van der Waals surface area contributed by atoms with Crippen LogP contribution in [-0.2, 0) is 11.3 Å². The van der Waals surface area contributed by atoms with Crippen LogP contribution in [0.3, 0.4) is 0 Å². The van der Waals surface area contributed by atoms with Crippen molar-refractivity contribution in [1.29, 1.82) is 0 Å². The van der Waals surface area contributed by atoms with Crippen molar-refractivity contribution in [3.05, 3.63) is 93.8 Å². The maximum Gasteiger partial charge on any atom is 0.258 e. The number of thiazole rings is 1. The average molecular weight is 463 g/mol. The Morgan fingerprint density at radius 2 is 1.69 bits per heavy atom. The first-order valence-electron chi connectivity index (χ1n) is 10.3. The molecule has 4 aromatic rings. The van der Waals surface area contributed by atoms with Gasteiger partial charge in [-0.3, -0.25) is 4.79 Å². The number of aromatic nitrogens is 1. The Morgan fingerprint density at radius 1 is 1.00 bits per heavy atom. The lowest BCUT2D eigenvalue weighted by Crippen LogP contribution is -2.28. The Morgan fingerprint density at radius 3 is 2.38 bits per heavy atom. The highest BCUT2D eigenvalue weighted by Gasteiger charge is 2.08. The van der Waals surface area contributed by atoms with Gasteiger partial charge in [-0.1, -0.05) is 66.2 Å². The summed E-state index contributed by atoms with van der Waals surface area (Å²) in [7, 11) is 0. The van der Waals surface area contributed by atoms with Crippen molar-refractivity contribution in [2.75, 3.05) is 6.61 Å². The highest BCUT2D eigenvalue weighted by atomic mass is 35.5. The summed E-state index contributed by atoms with van der Waals surface area (Å²) >= 11 is 7.80. The van der Waals surface area contributed by atoms with E-state index in [4.69, 9.17) is 21.3 Å². The molecular formula is C26H23ClN2O2S. The van der Waals surface area contributed by atoms with Crippen molar-refractivity contribution in [1.82, 2.24) is 10.3 Å². The third kappa shape index (κ3) is 5.36. The fourth-order valence-corrected chi connectivity index (χ4v) is 4.25. The van der Waals surface area contributed by atoms with Crippen LogP contribution in [-0.4, -0.2) is 17.5 Å². The van der Waals surface area contributed by atoms with Crippen LogP contribution in [0.5, 0.6) is 5.75 Å². The van der Waals surface area contributed by atoms with E-state index in [0.717, 1.165) is 43.5 Å². The summed E-state index contributed by atoms with van der Waals surface area (Å²) in [5.41, 5.74) is 5.99. The van der Waals surface area contributed by atoms with Crippen molar-refractivity contribution in [2.24, 2.45) is 0 Å². The number of carbonyl (C=O) groups excluding carboxylic acids is 1. The molecule has 0 aliphatic heterocycles. The first-order chi connectivity index (χ1) is 15.5. The molecule has 0 fully saturated rings. The summed E-state index contributed by atoms with van der Waals surface area (Å²) in [6.45, 7) is 4.23. The summed E-state index contributed by atoms with van der Waals surface area (Å²) in [5.74, 6) is 0.466. The molecule has 1 aromatic heterocycles. The van der Waals surface area contributed by atoms with E-state index in [1.807, 2.05) is 68.4 Å². The number of halogens is 1. The van der Waals surface area contributed by atoms with Gasteiger partial charge in [-0.15, -0.1) is 11.3 Å². The number of ether oxygens (including phenoxy) is 1. The lowest BCUT2D eigenvalue weighted by molar-refractivity contribution is -0.123. The van der Waals surface area contributed by atoms with E-state index >= 15 is 0 Å². The molecule has 32 heavy (non-hydrogen) atoms. The summed E-state index contributed by atoms with van der Waals surface area (Å²) in [4.78, 5) is 16.9. The van der Waals surface area contributed by atoms with Crippen molar-refractivity contribution < 1.29 is 9.53 Å². The van der Waals surface area contributed by atoms with Gasteiger partial charge in [-0.25, -0.2) is 4.98 Å². The van der Waals surface area contributed by atoms with Crippen LogP contribution in [0.15, 0.2) is 72.1 Å². The molecule has 1 N–H and O–H groups in total. The van der Waals surface area contributed by atoms with Crippen LogP contribution in [0.25, 0.3) is 21.8 Å². The van der Waals surface area contributed by atoms with Crippen molar-refractivity contribution in [3.63, 3.8) is 0 Å². The number of nitrogens with one attached hydrogen (secondary N) is 1. The summed E-state index contributed by atoms with van der Waals surface area (Å²) < 4.78 is 5.61. The second-order valence-corrected chi connectivity index (χ2v) is 8.77.